The molecule has 0 saturated carbocycles. The minimum Gasteiger partial charge on any atom is -0.467 e. The van der Waals surface area contributed by atoms with Crippen LogP contribution in [0, 0.1) is 0 Å². The number of carbonyl (C=O) groups is 1. The van der Waals surface area contributed by atoms with Gasteiger partial charge >= 0.3 is 5.97 Å². The maximum Gasteiger partial charge on any atom is 0.338 e. The molecule has 3 nitrogen and oxygen atoms in total. The molecule has 0 unspecified atom stereocenters. The molecule has 1 aromatic rings. The third-order valence-electron chi connectivity index (χ3n) is 2.64. The van der Waals surface area contributed by atoms with Crippen molar-refractivity contribution in [1.29, 1.82) is 0 Å². The van der Waals surface area contributed by atoms with Gasteiger partial charge in [-0.1, -0.05) is 31.2 Å². The number of hydrogen-bond acceptors (Lipinski definition) is 3. The monoisotopic (exact) mass is 206 g/mol. The summed E-state index contributed by atoms with van der Waals surface area (Å²) in [5.74, 6) is -0.292. The van der Waals surface area contributed by atoms with Crippen molar-refractivity contribution in [3.8, 4) is 0 Å². The summed E-state index contributed by atoms with van der Waals surface area (Å²) >= 11 is 0. The van der Waals surface area contributed by atoms with Gasteiger partial charge in [0.15, 0.2) is 6.10 Å². The van der Waals surface area contributed by atoms with Gasteiger partial charge in [0.2, 0.25) is 0 Å². The first-order valence-corrected chi connectivity index (χ1v) is 5.08. The molecule has 1 aliphatic heterocycles. The lowest BCUT2D eigenvalue weighted by Crippen LogP contribution is -2.09. The van der Waals surface area contributed by atoms with E-state index < -0.39 is 6.10 Å². The molecule has 2 rings (SSSR count). The Bertz CT molecular complexity index is 356. The maximum absolute atomic E-state index is 11.1. The number of methoxy groups -OCH3 is 1. The second-order valence-electron chi connectivity index (χ2n) is 3.60. The van der Waals surface area contributed by atoms with Crippen LogP contribution < -0.4 is 0 Å². The smallest absolute Gasteiger partial charge is 0.338 e. The average Bonchev–Trinajstić information content (AvgIpc) is 3.08. The fourth-order valence-corrected chi connectivity index (χ4v) is 1.60. The van der Waals surface area contributed by atoms with Gasteiger partial charge in [-0.15, -0.1) is 0 Å². The van der Waals surface area contributed by atoms with Gasteiger partial charge in [-0.25, -0.2) is 4.79 Å². The lowest BCUT2D eigenvalue weighted by atomic mass is 10.1. The van der Waals surface area contributed by atoms with Gasteiger partial charge in [-0.3, -0.25) is 0 Å². The summed E-state index contributed by atoms with van der Waals surface area (Å²) in [5.41, 5.74) is 2.33. The Morgan fingerprint density at radius 3 is 2.60 bits per heavy atom. The molecule has 1 heterocycles. The zero-order valence-corrected chi connectivity index (χ0v) is 8.90. The van der Waals surface area contributed by atoms with Crippen molar-refractivity contribution in [2.24, 2.45) is 0 Å². The van der Waals surface area contributed by atoms with Crippen LogP contribution >= 0.6 is 0 Å². The molecule has 0 N–H and O–H groups in total. The highest BCUT2D eigenvalue weighted by Crippen LogP contribution is 2.39. The molecule has 0 aliphatic carbocycles. The van der Waals surface area contributed by atoms with E-state index in [4.69, 9.17) is 4.74 Å². The Labute approximate surface area is 89.0 Å². The van der Waals surface area contributed by atoms with E-state index in [1.165, 1.54) is 12.7 Å². The lowest BCUT2D eigenvalue weighted by molar-refractivity contribution is -0.142. The van der Waals surface area contributed by atoms with Crippen LogP contribution in [0.25, 0.3) is 0 Å². The number of esters is 1. The molecule has 15 heavy (non-hydrogen) atoms. The summed E-state index contributed by atoms with van der Waals surface area (Å²) in [7, 11) is 1.38. The third-order valence-corrected chi connectivity index (χ3v) is 2.64. The molecule has 0 amide bonds. The quantitative estimate of drug-likeness (QED) is 0.559. The molecule has 80 valence electrons. The van der Waals surface area contributed by atoms with E-state index in [1.807, 2.05) is 12.1 Å². The van der Waals surface area contributed by atoms with Crippen molar-refractivity contribution in [2.75, 3.05) is 7.11 Å². The van der Waals surface area contributed by atoms with E-state index >= 15 is 0 Å². The summed E-state index contributed by atoms with van der Waals surface area (Å²) in [6.07, 6.45) is 0.512. The second-order valence-corrected chi connectivity index (χ2v) is 3.60. The van der Waals surface area contributed by atoms with Crippen LogP contribution in [0.15, 0.2) is 24.3 Å². The standard InChI is InChI=1S/C12H14O3/c1-3-8-4-6-9(7-5-8)10-11(15-10)12(13)14-2/h4-7,10-11H,3H2,1-2H3/t10-,11-/m1/s1. The zero-order chi connectivity index (χ0) is 10.8. The molecule has 1 fully saturated rings. The fraction of sp³-hybridized carbons (Fsp3) is 0.417. The van der Waals surface area contributed by atoms with E-state index in [2.05, 4.69) is 23.8 Å². The van der Waals surface area contributed by atoms with Gasteiger partial charge in [0.25, 0.3) is 0 Å². The highest BCUT2D eigenvalue weighted by molar-refractivity contribution is 5.78. The third kappa shape index (κ3) is 2.02. The SMILES string of the molecule is CCc1ccc([C@H]2O[C@H]2C(=O)OC)cc1. The van der Waals surface area contributed by atoms with E-state index in [9.17, 15) is 4.79 Å². The second kappa shape index (κ2) is 4.03. The molecule has 1 saturated heterocycles. The first-order valence-electron chi connectivity index (χ1n) is 5.08. The summed E-state index contributed by atoms with van der Waals surface area (Å²) < 4.78 is 9.86. The molecule has 0 aromatic heterocycles. The number of ether oxygens (including phenoxy) is 2. The summed E-state index contributed by atoms with van der Waals surface area (Å²) in [6, 6.07) is 8.13. The number of hydrogen-bond donors (Lipinski definition) is 0. The van der Waals surface area contributed by atoms with E-state index in [0.29, 0.717) is 0 Å². The van der Waals surface area contributed by atoms with Crippen molar-refractivity contribution in [3.63, 3.8) is 0 Å². The number of carbonyl (C=O) groups excluding carboxylic acids is 1. The summed E-state index contributed by atoms with van der Waals surface area (Å²) in [5, 5.41) is 0. The molecule has 0 radical (unpaired) electrons. The fourth-order valence-electron chi connectivity index (χ4n) is 1.60. The first kappa shape index (κ1) is 10.2. The van der Waals surface area contributed by atoms with Gasteiger partial charge in [0.05, 0.1) is 7.11 Å². The number of rotatable bonds is 3. The Morgan fingerprint density at radius 2 is 2.07 bits per heavy atom. The Hall–Kier alpha value is -1.35. The summed E-state index contributed by atoms with van der Waals surface area (Å²) in [4.78, 5) is 11.1. The van der Waals surface area contributed by atoms with Crippen LogP contribution in [0.3, 0.4) is 0 Å². The van der Waals surface area contributed by atoms with Crippen LogP contribution in [0.4, 0.5) is 0 Å². The van der Waals surface area contributed by atoms with Crippen molar-refractivity contribution < 1.29 is 14.3 Å². The van der Waals surface area contributed by atoms with Crippen molar-refractivity contribution in [3.05, 3.63) is 35.4 Å². The Kier molecular flexibility index (Phi) is 2.73. The molecule has 2 atom stereocenters. The molecular weight excluding hydrogens is 192 g/mol. The Morgan fingerprint density at radius 1 is 1.40 bits per heavy atom. The predicted molar refractivity (Wildman–Crippen MR) is 55.5 cm³/mol. The van der Waals surface area contributed by atoms with Crippen LogP contribution in [-0.4, -0.2) is 19.2 Å². The number of epoxide rings is 1. The summed E-state index contributed by atoms with van der Waals surface area (Å²) in [6.45, 7) is 2.11. The van der Waals surface area contributed by atoms with Crippen LogP contribution in [0.5, 0.6) is 0 Å². The van der Waals surface area contributed by atoms with Crippen molar-refractivity contribution in [2.45, 2.75) is 25.6 Å². The topological polar surface area (TPSA) is 38.8 Å². The van der Waals surface area contributed by atoms with E-state index in [1.54, 1.807) is 0 Å². The van der Waals surface area contributed by atoms with E-state index in [-0.39, 0.29) is 12.1 Å². The van der Waals surface area contributed by atoms with Crippen LogP contribution in [0.1, 0.15) is 24.2 Å². The zero-order valence-electron chi connectivity index (χ0n) is 8.90. The molecule has 1 aromatic carbocycles. The van der Waals surface area contributed by atoms with Gasteiger partial charge < -0.3 is 9.47 Å². The molecule has 1 aliphatic rings. The normalized spacial score (nSPS) is 23.6. The molecular formula is C12H14O3. The Balaban J connectivity index is 2.04. The molecule has 3 heteroatoms. The van der Waals surface area contributed by atoms with Crippen LogP contribution in [0.2, 0.25) is 0 Å². The number of benzene rings is 1. The number of aryl methyl sites for hydroxylation is 1. The lowest BCUT2D eigenvalue weighted by Gasteiger charge is -1.98. The molecule has 0 bridgehead atoms. The average molecular weight is 206 g/mol. The minimum atomic E-state index is -0.400. The van der Waals surface area contributed by atoms with E-state index in [0.717, 1.165) is 12.0 Å². The van der Waals surface area contributed by atoms with Crippen molar-refractivity contribution >= 4 is 5.97 Å². The molecule has 0 spiro atoms. The van der Waals surface area contributed by atoms with Crippen molar-refractivity contribution in [1.82, 2.24) is 0 Å². The van der Waals surface area contributed by atoms with Gasteiger partial charge in [0.1, 0.15) is 6.10 Å². The first-order chi connectivity index (χ1) is 7.26. The van der Waals surface area contributed by atoms with Gasteiger partial charge in [0, 0.05) is 0 Å². The van der Waals surface area contributed by atoms with Gasteiger partial charge in [-0.2, -0.15) is 0 Å². The minimum absolute atomic E-state index is 0.108. The largest absolute Gasteiger partial charge is 0.467 e. The highest BCUT2D eigenvalue weighted by Gasteiger charge is 2.47. The highest BCUT2D eigenvalue weighted by atomic mass is 16.6. The van der Waals surface area contributed by atoms with Gasteiger partial charge in [-0.05, 0) is 17.5 Å². The predicted octanol–water partition coefficient (Wildman–Crippen LogP) is 1.86. The van der Waals surface area contributed by atoms with Crippen LogP contribution in [-0.2, 0) is 20.7 Å². The maximum atomic E-state index is 11.1.